The second-order valence-electron chi connectivity index (χ2n) is 3.87. The van der Waals surface area contributed by atoms with E-state index in [9.17, 15) is 4.79 Å². The molecule has 0 fully saturated rings. The molecule has 19 heavy (non-hydrogen) atoms. The van der Waals surface area contributed by atoms with Crippen molar-refractivity contribution in [2.24, 2.45) is 0 Å². The number of carbonyl (C=O) groups is 1. The zero-order valence-electron chi connectivity index (χ0n) is 10.6. The lowest BCUT2D eigenvalue weighted by Gasteiger charge is -2.17. The number of furan rings is 1. The molecule has 2 N–H and O–H groups in total. The molecular formula is C14H16N2O3. The second kappa shape index (κ2) is 6.61. The maximum atomic E-state index is 11.7. The van der Waals surface area contributed by atoms with Gasteiger partial charge < -0.3 is 9.73 Å². The van der Waals surface area contributed by atoms with Gasteiger partial charge in [0.15, 0.2) is 0 Å². The molecule has 0 saturated heterocycles. The first kappa shape index (κ1) is 13.2. The number of rotatable bonds is 5. The van der Waals surface area contributed by atoms with Crippen LogP contribution < -0.4 is 10.8 Å². The molecule has 0 unspecified atom stereocenters. The van der Waals surface area contributed by atoms with E-state index in [1.54, 1.807) is 19.3 Å². The average Bonchev–Trinajstić information content (AvgIpc) is 2.97. The summed E-state index contributed by atoms with van der Waals surface area (Å²) in [5.74, 6) is 0.665. The molecule has 0 spiro atoms. The highest BCUT2D eigenvalue weighted by atomic mass is 16.7. The maximum absolute atomic E-state index is 11.7. The third-order valence-electron chi connectivity index (χ3n) is 2.55. The van der Waals surface area contributed by atoms with Crippen LogP contribution in [0.1, 0.15) is 24.3 Å². The molecule has 0 radical (unpaired) electrons. The molecule has 5 heteroatoms. The predicted octanol–water partition coefficient (Wildman–Crippen LogP) is 2.62. The maximum Gasteiger partial charge on any atom is 0.339 e. The fraction of sp³-hybridized carbons (Fsp3) is 0.214. The normalized spacial score (nSPS) is 11.8. The van der Waals surface area contributed by atoms with Crippen LogP contribution in [-0.2, 0) is 4.84 Å². The molecule has 1 aromatic carbocycles. The van der Waals surface area contributed by atoms with Crippen molar-refractivity contribution in [3.05, 3.63) is 60.1 Å². The summed E-state index contributed by atoms with van der Waals surface area (Å²) in [4.78, 5) is 16.5. The van der Waals surface area contributed by atoms with Crippen LogP contribution in [0.25, 0.3) is 0 Å². The quantitative estimate of drug-likeness (QED) is 0.812. The predicted molar refractivity (Wildman–Crippen MR) is 70.3 cm³/mol. The Bertz CT molecular complexity index is 497. The number of benzene rings is 1. The van der Waals surface area contributed by atoms with Crippen molar-refractivity contribution in [3.8, 4) is 0 Å². The van der Waals surface area contributed by atoms with Crippen molar-refractivity contribution in [1.82, 2.24) is 10.8 Å². The molecular weight excluding hydrogens is 244 g/mol. The monoisotopic (exact) mass is 260 g/mol. The molecule has 2 aromatic rings. The third kappa shape index (κ3) is 3.59. The molecule has 1 atom stereocenters. The third-order valence-corrected chi connectivity index (χ3v) is 2.55. The second-order valence-corrected chi connectivity index (χ2v) is 3.87. The minimum absolute atomic E-state index is 0.350. The highest BCUT2D eigenvalue weighted by Crippen LogP contribution is 2.21. The average molecular weight is 260 g/mol. The van der Waals surface area contributed by atoms with Gasteiger partial charge in [0, 0.05) is 0 Å². The van der Waals surface area contributed by atoms with Crippen molar-refractivity contribution in [3.63, 3.8) is 0 Å². The van der Waals surface area contributed by atoms with E-state index in [0.717, 1.165) is 5.56 Å². The summed E-state index contributed by atoms with van der Waals surface area (Å²) in [6.45, 7) is 2.20. The molecule has 0 saturated carbocycles. The minimum atomic E-state index is -0.410. The van der Waals surface area contributed by atoms with Crippen molar-refractivity contribution in [2.75, 3.05) is 6.61 Å². The number of amides is 2. The fourth-order valence-electron chi connectivity index (χ4n) is 1.72. The molecule has 2 amide bonds. The fourth-order valence-corrected chi connectivity index (χ4v) is 1.72. The Labute approximate surface area is 111 Å². The Morgan fingerprint density at radius 1 is 1.26 bits per heavy atom. The Morgan fingerprint density at radius 3 is 2.68 bits per heavy atom. The SMILES string of the molecule is CCONC(=O)N[C@H](c1ccccc1)c1ccco1. The van der Waals surface area contributed by atoms with Crippen LogP contribution in [-0.4, -0.2) is 12.6 Å². The van der Waals surface area contributed by atoms with Gasteiger partial charge in [-0.25, -0.2) is 10.3 Å². The molecule has 5 nitrogen and oxygen atoms in total. The lowest BCUT2D eigenvalue weighted by atomic mass is 10.1. The van der Waals surface area contributed by atoms with Gasteiger partial charge in [0.2, 0.25) is 0 Å². The van der Waals surface area contributed by atoms with Crippen LogP contribution >= 0.6 is 0 Å². The summed E-state index contributed by atoms with van der Waals surface area (Å²) >= 11 is 0. The van der Waals surface area contributed by atoms with Crippen molar-refractivity contribution >= 4 is 6.03 Å². The number of hydroxylamine groups is 1. The first-order chi connectivity index (χ1) is 9.31. The van der Waals surface area contributed by atoms with E-state index >= 15 is 0 Å². The largest absolute Gasteiger partial charge is 0.467 e. The van der Waals surface area contributed by atoms with Gasteiger partial charge in [0.05, 0.1) is 12.9 Å². The Morgan fingerprint density at radius 2 is 2.05 bits per heavy atom. The zero-order valence-corrected chi connectivity index (χ0v) is 10.6. The van der Waals surface area contributed by atoms with Gasteiger partial charge in [0.25, 0.3) is 0 Å². The Balaban J connectivity index is 2.14. The van der Waals surface area contributed by atoms with Crippen LogP contribution in [0.3, 0.4) is 0 Å². The highest BCUT2D eigenvalue weighted by Gasteiger charge is 2.18. The van der Waals surface area contributed by atoms with E-state index in [1.165, 1.54) is 0 Å². The number of nitrogens with one attached hydrogen (secondary N) is 2. The first-order valence-corrected chi connectivity index (χ1v) is 6.08. The number of hydrogen-bond acceptors (Lipinski definition) is 3. The van der Waals surface area contributed by atoms with Gasteiger partial charge >= 0.3 is 6.03 Å². The molecule has 2 rings (SSSR count). The van der Waals surface area contributed by atoms with Gasteiger partial charge in [-0.05, 0) is 24.6 Å². The van der Waals surface area contributed by atoms with E-state index in [-0.39, 0.29) is 6.04 Å². The minimum Gasteiger partial charge on any atom is -0.467 e. The number of hydrogen-bond donors (Lipinski definition) is 2. The summed E-state index contributed by atoms with van der Waals surface area (Å²) in [6.07, 6.45) is 1.58. The summed E-state index contributed by atoms with van der Waals surface area (Å²) in [7, 11) is 0. The number of carbonyl (C=O) groups excluding carboxylic acids is 1. The molecule has 1 aromatic heterocycles. The van der Waals surface area contributed by atoms with Crippen LogP contribution in [0.5, 0.6) is 0 Å². The number of urea groups is 1. The van der Waals surface area contributed by atoms with Crippen LogP contribution in [0.4, 0.5) is 4.79 Å². The summed E-state index contributed by atoms with van der Waals surface area (Å²) in [6, 6.07) is 12.4. The van der Waals surface area contributed by atoms with Gasteiger partial charge in [-0.15, -0.1) is 0 Å². The van der Waals surface area contributed by atoms with Crippen molar-refractivity contribution in [2.45, 2.75) is 13.0 Å². The first-order valence-electron chi connectivity index (χ1n) is 6.08. The van der Waals surface area contributed by atoms with Gasteiger partial charge in [0.1, 0.15) is 11.8 Å². The van der Waals surface area contributed by atoms with Gasteiger partial charge in [-0.3, -0.25) is 4.84 Å². The Kier molecular flexibility index (Phi) is 4.58. The van der Waals surface area contributed by atoms with E-state index < -0.39 is 6.03 Å². The van der Waals surface area contributed by atoms with Crippen LogP contribution in [0.15, 0.2) is 53.1 Å². The van der Waals surface area contributed by atoms with E-state index in [4.69, 9.17) is 9.25 Å². The summed E-state index contributed by atoms with van der Waals surface area (Å²) in [5, 5.41) is 2.80. The molecule has 0 aliphatic heterocycles. The molecule has 0 bridgehead atoms. The zero-order chi connectivity index (χ0) is 13.5. The van der Waals surface area contributed by atoms with E-state index in [1.807, 2.05) is 36.4 Å². The summed E-state index contributed by atoms with van der Waals surface area (Å²) in [5.41, 5.74) is 3.24. The van der Waals surface area contributed by atoms with Crippen molar-refractivity contribution < 1.29 is 14.0 Å². The lowest BCUT2D eigenvalue weighted by molar-refractivity contribution is 0.0697. The molecule has 0 aliphatic rings. The van der Waals surface area contributed by atoms with E-state index in [0.29, 0.717) is 12.4 Å². The van der Waals surface area contributed by atoms with Crippen LogP contribution in [0, 0.1) is 0 Å². The highest BCUT2D eigenvalue weighted by molar-refractivity contribution is 5.73. The van der Waals surface area contributed by atoms with Crippen LogP contribution in [0.2, 0.25) is 0 Å². The topological polar surface area (TPSA) is 63.5 Å². The van der Waals surface area contributed by atoms with E-state index in [2.05, 4.69) is 10.8 Å². The molecule has 0 aliphatic carbocycles. The van der Waals surface area contributed by atoms with Crippen molar-refractivity contribution in [1.29, 1.82) is 0 Å². The Hall–Kier alpha value is -2.27. The molecule has 1 heterocycles. The molecule has 100 valence electrons. The van der Waals surface area contributed by atoms with Gasteiger partial charge in [-0.1, -0.05) is 30.3 Å². The lowest BCUT2D eigenvalue weighted by Crippen LogP contribution is -2.38. The smallest absolute Gasteiger partial charge is 0.339 e. The van der Waals surface area contributed by atoms with Gasteiger partial charge in [-0.2, -0.15) is 0 Å². The standard InChI is InChI=1S/C14H16N2O3/c1-2-19-16-14(17)15-13(12-9-6-10-18-12)11-7-4-3-5-8-11/h3-10,13H,2H2,1H3,(H2,15,16,17)/t13-/m1/s1. The summed E-state index contributed by atoms with van der Waals surface area (Å²) < 4.78 is 5.37.